The van der Waals surface area contributed by atoms with Gasteiger partial charge in [0.05, 0.1) is 17.0 Å². The number of amides is 1. The topological polar surface area (TPSA) is 81.8 Å². The molecule has 0 bridgehead atoms. The summed E-state index contributed by atoms with van der Waals surface area (Å²) in [6, 6.07) is 0. The Morgan fingerprint density at radius 1 is 1.40 bits per heavy atom. The fourth-order valence-corrected chi connectivity index (χ4v) is 2.15. The molecule has 20 heavy (non-hydrogen) atoms. The van der Waals surface area contributed by atoms with Crippen LogP contribution in [0.2, 0.25) is 0 Å². The lowest BCUT2D eigenvalue weighted by Crippen LogP contribution is -2.26. The van der Waals surface area contributed by atoms with Crippen molar-refractivity contribution >= 4 is 27.5 Å². The lowest BCUT2D eigenvalue weighted by molar-refractivity contribution is 0.102. The molecular formula is C12H14BrN5O2. The highest BCUT2D eigenvalue weighted by Crippen LogP contribution is 2.15. The minimum Gasteiger partial charge on any atom is -0.315 e. The summed E-state index contributed by atoms with van der Waals surface area (Å²) in [4.78, 5) is 28.0. The number of carbonyl (C=O) groups excluding carboxylic acids is 1. The zero-order valence-corrected chi connectivity index (χ0v) is 12.7. The Morgan fingerprint density at radius 2 is 2.15 bits per heavy atom. The van der Waals surface area contributed by atoms with Crippen molar-refractivity contribution in [3.8, 4) is 0 Å². The average Bonchev–Trinajstić information content (AvgIpc) is 2.82. The van der Waals surface area contributed by atoms with E-state index in [1.807, 2.05) is 13.8 Å². The monoisotopic (exact) mass is 339 g/mol. The second-order valence-electron chi connectivity index (χ2n) is 4.03. The fraction of sp³-hybridized carbons (Fsp3) is 0.333. The number of rotatable bonds is 4. The van der Waals surface area contributed by atoms with Crippen molar-refractivity contribution in [2.45, 2.75) is 26.9 Å². The van der Waals surface area contributed by atoms with Crippen LogP contribution in [0.3, 0.4) is 0 Å². The summed E-state index contributed by atoms with van der Waals surface area (Å²) in [6.07, 6.45) is 4.47. The van der Waals surface area contributed by atoms with Gasteiger partial charge in [0.15, 0.2) is 5.69 Å². The standard InChI is InChI=1S/C12H14BrN5O2/c1-3-17-7-14-5-9(12(17)20)15-11(19)10-8(13)6-18(4-2)16-10/h5-7H,3-4H2,1-2H3,(H,15,19). The number of hydrogen-bond acceptors (Lipinski definition) is 4. The molecule has 0 aromatic carbocycles. The highest BCUT2D eigenvalue weighted by Gasteiger charge is 2.16. The van der Waals surface area contributed by atoms with E-state index in [1.165, 1.54) is 17.1 Å². The second kappa shape index (κ2) is 6.00. The maximum absolute atomic E-state index is 12.1. The Bertz CT molecular complexity index is 691. The van der Waals surface area contributed by atoms with Crippen LogP contribution in [0.25, 0.3) is 0 Å². The number of aromatic nitrogens is 4. The molecule has 0 saturated heterocycles. The van der Waals surface area contributed by atoms with Crippen LogP contribution < -0.4 is 10.9 Å². The molecular weight excluding hydrogens is 326 g/mol. The molecule has 0 fully saturated rings. The molecule has 0 aliphatic heterocycles. The minimum absolute atomic E-state index is 0.136. The maximum Gasteiger partial charge on any atom is 0.277 e. The largest absolute Gasteiger partial charge is 0.315 e. The highest BCUT2D eigenvalue weighted by atomic mass is 79.9. The maximum atomic E-state index is 12.1. The van der Waals surface area contributed by atoms with E-state index in [-0.39, 0.29) is 16.9 Å². The van der Waals surface area contributed by atoms with Gasteiger partial charge in [-0.3, -0.25) is 18.8 Å². The normalized spacial score (nSPS) is 10.6. The van der Waals surface area contributed by atoms with Gasteiger partial charge in [-0.25, -0.2) is 4.98 Å². The summed E-state index contributed by atoms with van der Waals surface area (Å²) >= 11 is 3.28. The van der Waals surface area contributed by atoms with Crippen LogP contribution in [-0.2, 0) is 13.1 Å². The Labute approximate surface area is 123 Å². The Balaban J connectivity index is 2.28. The third kappa shape index (κ3) is 2.79. The van der Waals surface area contributed by atoms with Crippen molar-refractivity contribution < 1.29 is 4.79 Å². The van der Waals surface area contributed by atoms with Gasteiger partial charge >= 0.3 is 0 Å². The summed E-state index contributed by atoms with van der Waals surface area (Å²) in [7, 11) is 0. The third-order valence-electron chi connectivity index (χ3n) is 2.75. The number of nitrogens with one attached hydrogen (secondary N) is 1. The molecule has 1 amide bonds. The molecule has 1 N–H and O–H groups in total. The number of halogens is 1. The van der Waals surface area contributed by atoms with Crippen LogP contribution in [0.1, 0.15) is 24.3 Å². The predicted molar refractivity (Wildman–Crippen MR) is 77.7 cm³/mol. The van der Waals surface area contributed by atoms with Gasteiger partial charge < -0.3 is 5.32 Å². The van der Waals surface area contributed by atoms with E-state index in [2.05, 4.69) is 31.3 Å². The molecule has 106 valence electrons. The smallest absolute Gasteiger partial charge is 0.277 e. The average molecular weight is 340 g/mol. The van der Waals surface area contributed by atoms with Crippen LogP contribution in [0.15, 0.2) is 28.0 Å². The van der Waals surface area contributed by atoms with E-state index < -0.39 is 5.91 Å². The van der Waals surface area contributed by atoms with Gasteiger partial charge in [-0.15, -0.1) is 0 Å². The van der Waals surface area contributed by atoms with Crippen molar-refractivity contribution in [2.75, 3.05) is 5.32 Å². The van der Waals surface area contributed by atoms with Gasteiger partial charge in [-0.05, 0) is 29.8 Å². The second-order valence-corrected chi connectivity index (χ2v) is 4.89. The molecule has 0 radical (unpaired) electrons. The Hall–Kier alpha value is -1.96. The first kappa shape index (κ1) is 14.4. The molecule has 0 saturated carbocycles. The molecule has 2 aromatic rings. The summed E-state index contributed by atoms with van der Waals surface area (Å²) in [5.41, 5.74) is 0.0809. The van der Waals surface area contributed by atoms with Crippen LogP contribution in [0.4, 0.5) is 5.69 Å². The van der Waals surface area contributed by atoms with E-state index in [1.54, 1.807) is 10.9 Å². The Kier molecular flexibility index (Phi) is 4.33. The van der Waals surface area contributed by atoms with Crippen LogP contribution >= 0.6 is 15.9 Å². The first-order valence-electron chi connectivity index (χ1n) is 6.15. The summed E-state index contributed by atoms with van der Waals surface area (Å²) in [6.45, 7) is 4.89. The van der Waals surface area contributed by atoms with Crippen molar-refractivity contribution in [3.05, 3.63) is 39.2 Å². The van der Waals surface area contributed by atoms with E-state index in [0.29, 0.717) is 17.6 Å². The molecule has 0 unspecified atom stereocenters. The van der Waals surface area contributed by atoms with Crippen molar-refractivity contribution in [1.82, 2.24) is 19.3 Å². The van der Waals surface area contributed by atoms with Gasteiger partial charge in [0, 0.05) is 19.3 Å². The van der Waals surface area contributed by atoms with E-state index in [4.69, 9.17) is 0 Å². The van der Waals surface area contributed by atoms with Crippen molar-refractivity contribution in [1.29, 1.82) is 0 Å². The highest BCUT2D eigenvalue weighted by molar-refractivity contribution is 9.10. The molecule has 2 aromatic heterocycles. The lowest BCUT2D eigenvalue weighted by atomic mass is 10.4. The Morgan fingerprint density at radius 3 is 2.75 bits per heavy atom. The van der Waals surface area contributed by atoms with Crippen molar-refractivity contribution in [3.63, 3.8) is 0 Å². The van der Waals surface area contributed by atoms with E-state index in [9.17, 15) is 9.59 Å². The SMILES string of the molecule is CCn1cc(Br)c(C(=O)Nc2cncn(CC)c2=O)n1. The van der Waals surface area contributed by atoms with Gasteiger partial charge in [-0.1, -0.05) is 0 Å². The first-order valence-corrected chi connectivity index (χ1v) is 6.94. The van der Waals surface area contributed by atoms with E-state index >= 15 is 0 Å². The number of anilines is 1. The lowest BCUT2D eigenvalue weighted by Gasteiger charge is -2.05. The molecule has 7 nitrogen and oxygen atoms in total. The zero-order chi connectivity index (χ0) is 14.7. The quantitative estimate of drug-likeness (QED) is 0.914. The number of carbonyl (C=O) groups is 1. The molecule has 0 aliphatic rings. The van der Waals surface area contributed by atoms with Gasteiger partial charge in [0.1, 0.15) is 5.69 Å². The predicted octanol–water partition coefficient (Wildman–Crippen LogP) is 1.49. The van der Waals surface area contributed by atoms with Crippen LogP contribution in [0.5, 0.6) is 0 Å². The molecule has 2 rings (SSSR count). The van der Waals surface area contributed by atoms with Gasteiger partial charge in [0.25, 0.3) is 11.5 Å². The molecule has 0 aliphatic carbocycles. The zero-order valence-electron chi connectivity index (χ0n) is 11.1. The minimum atomic E-state index is -0.447. The number of hydrogen-bond donors (Lipinski definition) is 1. The van der Waals surface area contributed by atoms with Crippen LogP contribution in [0, 0.1) is 0 Å². The van der Waals surface area contributed by atoms with E-state index in [0.717, 1.165) is 0 Å². The molecule has 8 heteroatoms. The number of nitrogens with zero attached hydrogens (tertiary/aromatic N) is 4. The first-order chi connectivity index (χ1) is 9.56. The summed E-state index contributed by atoms with van der Waals surface area (Å²) < 4.78 is 3.62. The van der Waals surface area contributed by atoms with Crippen LogP contribution in [-0.4, -0.2) is 25.2 Å². The fourth-order valence-electron chi connectivity index (χ4n) is 1.66. The van der Waals surface area contributed by atoms with Gasteiger partial charge in [-0.2, -0.15) is 5.10 Å². The third-order valence-corrected chi connectivity index (χ3v) is 3.33. The molecule has 0 spiro atoms. The summed E-state index contributed by atoms with van der Waals surface area (Å²) in [5, 5.41) is 6.66. The van der Waals surface area contributed by atoms with Gasteiger partial charge in [0.2, 0.25) is 0 Å². The molecule has 0 atom stereocenters. The van der Waals surface area contributed by atoms with Crippen molar-refractivity contribution in [2.24, 2.45) is 0 Å². The summed E-state index contributed by atoms with van der Waals surface area (Å²) in [5.74, 6) is -0.447. The molecule has 2 heterocycles. The number of aryl methyl sites for hydroxylation is 2.